The Bertz CT molecular complexity index is 569. The lowest BCUT2D eigenvalue weighted by atomic mass is 10.3. The normalized spacial score (nSPS) is 20.6. The molecule has 1 N–H and O–H groups in total. The Labute approximate surface area is 123 Å². The third-order valence-electron chi connectivity index (χ3n) is 3.03. The molecule has 1 aliphatic heterocycles. The zero-order chi connectivity index (χ0) is 14.6. The molecule has 0 aromatic heterocycles. The third kappa shape index (κ3) is 4.42. The lowest BCUT2D eigenvalue weighted by Gasteiger charge is -2.10. The van der Waals surface area contributed by atoms with Crippen molar-refractivity contribution in [3.8, 4) is 5.75 Å². The van der Waals surface area contributed by atoms with E-state index in [1.807, 2.05) is 24.3 Å². The minimum atomic E-state index is -2.95. The summed E-state index contributed by atoms with van der Waals surface area (Å²) < 4.78 is 27.6. The van der Waals surface area contributed by atoms with Crippen molar-refractivity contribution in [3.63, 3.8) is 0 Å². The molecule has 0 aliphatic carbocycles. The largest absolute Gasteiger partial charge is 0.497 e. The molecule has 1 aromatic carbocycles. The molecule has 1 amide bonds. The van der Waals surface area contributed by atoms with E-state index in [0.29, 0.717) is 6.42 Å². The van der Waals surface area contributed by atoms with Gasteiger partial charge in [-0.05, 0) is 30.7 Å². The fourth-order valence-electron chi connectivity index (χ4n) is 2.00. The average molecular weight is 315 g/mol. The van der Waals surface area contributed by atoms with E-state index in [-0.39, 0.29) is 29.2 Å². The molecular weight excluding hydrogens is 298 g/mol. The van der Waals surface area contributed by atoms with Crippen LogP contribution in [0.1, 0.15) is 6.42 Å². The predicted molar refractivity (Wildman–Crippen MR) is 78.9 cm³/mol. The Morgan fingerprint density at radius 3 is 2.65 bits per heavy atom. The first kappa shape index (κ1) is 15.2. The van der Waals surface area contributed by atoms with Gasteiger partial charge in [0.15, 0.2) is 9.84 Å². The number of nitrogens with one attached hydrogen (secondary N) is 1. The Hall–Kier alpha value is -1.21. The molecule has 1 fully saturated rings. The van der Waals surface area contributed by atoms with Crippen molar-refractivity contribution >= 4 is 27.5 Å². The van der Waals surface area contributed by atoms with Crippen LogP contribution in [-0.4, -0.2) is 44.7 Å². The molecule has 7 heteroatoms. The van der Waals surface area contributed by atoms with Crippen LogP contribution in [0.3, 0.4) is 0 Å². The molecule has 2 rings (SSSR count). The quantitative estimate of drug-likeness (QED) is 0.824. The second-order valence-electron chi connectivity index (χ2n) is 4.63. The second kappa shape index (κ2) is 6.49. The van der Waals surface area contributed by atoms with Gasteiger partial charge in [-0.3, -0.25) is 4.79 Å². The highest BCUT2D eigenvalue weighted by molar-refractivity contribution is 8.00. The first-order chi connectivity index (χ1) is 9.48. The van der Waals surface area contributed by atoms with E-state index in [9.17, 15) is 13.2 Å². The van der Waals surface area contributed by atoms with Gasteiger partial charge in [0.25, 0.3) is 0 Å². The average Bonchev–Trinajstić information content (AvgIpc) is 2.76. The number of sulfone groups is 1. The maximum Gasteiger partial charge on any atom is 0.230 e. The van der Waals surface area contributed by atoms with Crippen LogP contribution in [0.25, 0.3) is 0 Å². The van der Waals surface area contributed by atoms with Crippen LogP contribution in [0.5, 0.6) is 5.75 Å². The van der Waals surface area contributed by atoms with Crippen LogP contribution in [0.2, 0.25) is 0 Å². The van der Waals surface area contributed by atoms with Crippen molar-refractivity contribution < 1.29 is 17.9 Å². The van der Waals surface area contributed by atoms with E-state index in [2.05, 4.69) is 5.32 Å². The van der Waals surface area contributed by atoms with Crippen LogP contribution in [0.15, 0.2) is 29.2 Å². The molecule has 0 spiro atoms. The summed E-state index contributed by atoms with van der Waals surface area (Å²) in [6.45, 7) is 0. The summed E-state index contributed by atoms with van der Waals surface area (Å²) in [4.78, 5) is 12.7. The first-order valence-electron chi connectivity index (χ1n) is 6.25. The van der Waals surface area contributed by atoms with Crippen LogP contribution < -0.4 is 10.1 Å². The standard InChI is InChI=1S/C13H17NO4S2/c1-18-11-2-4-12(5-3-11)19-8-13(15)14-10-6-7-20(16,17)9-10/h2-5,10H,6-9H2,1H3,(H,14,15). The minimum Gasteiger partial charge on any atom is -0.497 e. The van der Waals surface area contributed by atoms with Gasteiger partial charge in [-0.15, -0.1) is 11.8 Å². The summed E-state index contributed by atoms with van der Waals surface area (Å²) in [6, 6.07) is 7.21. The first-order valence-corrected chi connectivity index (χ1v) is 9.06. The number of carbonyl (C=O) groups is 1. The summed E-state index contributed by atoms with van der Waals surface area (Å²) in [6.07, 6.45) is 0.515. The smallest absolute Gasteiger partial charge is 0.230 e. The molecule has 0 bridgehead atoms. The molecule has 1 saturated heterocycles. The van der Waals surface area contributed by atoms with Gasteiger partial charge in [-0.2, -0.15) is 0 Å². The van der Waals surface area contributed by atoms with Gasteiger partial charge in [-0.25, -0.2) is 8.42 Å². The monoisotopic (exact) mass is 315 g/mol. The number of ether oxygens (including phenoxy) is 1. The van der Waals surface area contributed by atoms with Gasteiger partial charge in [0.05, 0.1) is 24.4 Å². The fourth-order valence-corrected chi connectivity index (χ4v) is 4.38. The maximum atomic E-state index is 11.8. The van der Waals surface area contributed by atoms with E-state index < -0.39 is 9.84 Å². The van der Waals surface area contributed by atoms with Gasteiger partial charge in [0.1, 0.15) is 5.75 Å². The topological polar surface area (TPSA) is 72.5 Å². The van der Waals surface area contributed by atoms with Crippen molar-refractivity contribution in [3.05, 3.63) is 24.3 Å². The summed E-state index contributed by atoms with van der Waals surface area (Å²) in [5.74, 6) is 1.15. The Morgan fingerprint density at radius 2 is 2.10 bits per heavy atom. The lowest BCUT2D eigenvalue weighted by Crippen LogP contribution is -2.36. The Morgan fingerprint density at radius 1 is 1.40 bits per heavy atom. The number of amides is 1. The molecule has 0 saturated carbocycles. The third-order valence-corrected chi connectivity index (χ3v) is 5.81. The van der Waals surface area contributed by atoms with Crippen molar-refractivity contribution in [1.82, 2.24) is 5.32 Å². The molecular formula is C13H17NO4S2. The van der Waals surface area contributed by atoms with Crippen LogP contribution in [0, 0.1) is 0 Å². The van der Waals surface area contributed by atoms with Crippen LogP contribution >= 0.6 is 11.8 Å². The molecule has 110 valence electrons. The molecule has 1 aliphatic rings. The molecule has 5 nitrogen and oxygen atoms in total. The van der Waals surface area contributed by atoms with Crippen molar-refractivity contribution in [2.24, 2.45) is 0 Å². The zero-order valence-electron chi connectivity index (χ0n) is 11.2. The highest BCUT2D eigenvalue weighted by Gasteiger charge is 2.28. The Balaban J connectivity index is 1.77. The molecule has 0 radical (unpaired) electrons. The molecule has 1 aromatic rings. The van der Waals surface area contributed by atoms with Crippen molar-refractivity contribution in [2.45, 2.75) is 17.4 Å². The summed E-state index contributed by atoms with van der Waals surface area (Å²) in [5, 5.41) is 2.76. The van der Waals surface area contributed by atoms with Crippen LogP contribution in [-0.2, 0) is 14.6 Å². The number of rotatable bonds is 5. The van der Waals surface area contributed by atoms with E-state index in [1.54, 1.807) is 7.11 Å². The van der Waals surface area contributed by atoms with Crippen molar-refractivity contribution in [1.29, 1.82) is 0 Å². The number of carbonyl (C=O) groups excluding carboxylic acids is 1. The van der Waals surface area contributed by atoms with Crippen molar-refractivity contribution in [2.75, 3.05) is 24.4 Å². The van der Waals surface area contributed by atoms with Crippen LogP contribution in [0.4, 0.5) is 0 Å². The van der Waals surface area contributed by atoms with Gasteiger partial charge >= 0.3 is 0 Å². The van der Waals surface area contributed by atoms with Gasteiger partial charge in [0, 0.05) is 10.9 Å². The number of hydrogen-bond donors (Lipinski definition) is 1. The van der Waals surface area contributed by atoms with E-state index >= 15 is 0 Å². The fraction of sp³-hybridized carbons (Fsp3) is 0.462. The highest BCUT2D eigenvalue weighted by Crippen LogP contribution is 2.21. The van der Waals surface area contributed by atoms with E-state index in [1.165, 1.54) is 11.8 Å². The maximum absolute atomic E-state index is 11.8. The predicted octanol–water partition coefficient (Wildman–Crippen LogP) is 1.09. The molecule has 1 unspecified atom stereocenters. The van der Waals surface area contributed by atoms with Gasteiger partial charge in [-0.1, -0.05) is 0 Å². The highest BCUT2D eigenvalue weighted by atomic mass is 32.2. The van der Waals surface area contributed by atoms with E-state index in [0.717, 1.165) is 10.6 Å². The minimum absolute atomic E-state index is 0.0615. The number of benzene rings is 1. The SMILES string of the molecule is COc1ccc(SCC(=O)NC2CCS(=O)(=O)C2)cc1. The summed E-state index contributed by atoms with van der Waals surface area (Å²) in [7, 11) is -1.35. The molecule has 1 atom stereocenters. The summed E-state index contributed by atoms with van der Waals surface area (Å²) in [5.41, 5.74) is 0. The van der Waals surface area contributed by atoms with E-state index in [4.69, 9.17) is 4.74 Å². The number of hydrogen-bond acceptors (Lipinski definition) is 5. The van der Waals surface area contributed by atoms with Gasteiger partial charge < -0.3 is 10.1 Å². The summed E-state index contributed by atoms with van der Waals surface area (Å²) >= 11 is 1.41. The van der Waals surface area contributed by atoms with Gasteiger partial charge in [0.2, 0.25) is 5.91 Å². The zero-order valence-corrected chi connectivity index (χ0v) is 12.8. The number of methoxy groups -OCH3 is 1. The molecule has 1 heterocycles. The second-order valence-corrected chi connectivity index (χ2v) is 7.91. The lowest BCUT2D eigenvalue weighted by molar-refractivity contribution is -0.119. The Kier molecular flexibility index (Phi) is 4.93. The molecule has 20 heavy (non-hydrogen) atoms. The number of thioether (sulfide) groups is 1.